The number of para-hydroxylation sites is 1. The molecule has 0 aliphatic carbocycles. The van der Waals surface area contributed by atoms with Crippen LogP contribution in [0.4, 0.5) is 0 Å². The Labute approximate surface area is 141 Å². The number of carbonyl (C=O) groups is 1. The number of nitrogens with two attached hydrogens (primary N) is 1. The predicted octanol–water partition coefficient (Wildman–Crippen LogP) is 0.763. The fourth-order valence-corrected chi connectivity index (χ4v) is 4.52. The van der Waals surface area contributed by atoms with Crippen molar-refractivity contribution in [2.45, 2.75) is 24.9 Å². The average molecular weight is 358 g/mol. The third-order valence-corrected chi connectivity index (χ3v) is 5.80. The summed E-state index contributed by atoms with van der Waals surface area (Å²) in [6, 6.07) is 6.82. The third kappa shape index (κ3) is 4.04. The van der Waals surface area contributed by atoms with Crippen LogP contribution >= 0.6 is 12.4 Å². The largest absolute Gasteiger partial charge is 0.361 e. The first-order valence-electron chi connectivity index (χ1n) is 7.26. The summed E-state index contributed by atoms with van der Waals surface area (Å²) in [6.45, 7) is 0. The molecular weight excluding hydrogens is 338 g/mol. The highest BCUT2D eigenvalue weighted by Crippen LogP contribution is 2.19. The standard InChI is InChI=1S/C15H19N3O3S.ClH/c16-13(15(19)18-11-5-6-22(20,21)9-11)7-10-8-17-14-4-2-1-3-12(10)14;/h1-4,8,11,13,17H,5-7,9,16H2,(H,18,19);1H/t11?,13-;/m0./s1. The Bertz CT molecular complexity index is 803. The maximum atomic E-state index is 12.1. The number of halogens is 1. The van der Waals surface area contributed by atoms with Gasteiger partial charge in [0, 0.05) is 23.1 Å². The van der Waals surface area contributed by atoms with Crippen molar-refractivity contribution in [2.75, 3.05) is 11.5 Å². The summed E-state index contributed by atoms with van der Waals surface area (Å²) in [7, 11) is -3.01. The predicted molar refractivity (Wildman–Crippen MR) is 92.4 cm³/mol. The topological polar surface area (TPSA) is 105 Å². The summed E-state index contributed by atoms with van der Waals surface area (Å²) < 4.78 is 22.8. The molecule has 8 heteroatoms. The van der Waals surface area contributed by atoms with Crippen molar-refractivity contribution in [3.05, 3.63) is 36.0 Å². The summed E-state index contributed by atoms with van der Waals surface area (Å²) in [4.78, 5) is 15.3. The van der Waals surface area contributed by atoms with E-state index in [0.717, 1.165) is 16.5 Å². The van der Waals surface area contributed by atoms with Gasteiger partial charge in [-0.15, -0.1) is 12.4 Å². The second-order valence-electron chi connectivity index (χ2n) is 5.78. The minimum absolute atomic E-state index is 0. The highest BCUT2D eigenvalue weighted by molar-refractivity contribution is 7.91. The lowest BCUT2D eigenvalue weighted by atomic mass is 10.0. The molecule has 1 aromatic carbocycles. The van der Waals surface area contributed by atoms with Crippen molar-refractivity contribution in [2.24, 2.45) is 5.73 Å². The number of H-pyrrole nitrogens is 1. The Morgan fingerprint density at radius 2 is 2.13 bits per heavy atom. The van der Waals surface area contributed by atoms with Crippen LogP contribution in [-0.4, -0.2) is 42.9 Å². The van der Waals surface area contributed by atoms with E-state index < -0.39 is 15.9 Å². The van der Waals surface area contributed by atoms with E-state index in [1.165, 1.54) is 0 Å². The molecule has 6 nitrogen and oxygen atoms in total. The average Bonchev–Trinajstić information content (AvgIpc) is 3.03. The molecule has 2 atom stereocenters. The number of rotatable bonds is 4. The number of carbonyl (C=O) groups excluding carboxylic acids is 1. The summed E-state index contributed by atoms with van der Waals surface area (Å²) in [5.74, 6) is -0.152. The number of amides is 1. The number of hydrogen-bond donors (Lipinski definition) is 3. The zero-order valence-electron chi connectivity index (χ0n) is 12.5. The summed E-state index contributed by atoms with van der Waals surface area (Å²) in [6.07, 6.45) is 2.74. The number of aromatic nitrogens is 1. The van der Waals surface area contributed by atoms with Gasteiger partial charge in [0.2, 0.25) is 5.91 Å². The Hall–Kier alpha value is -1.57. The molecule has 1 aliphatic heterocycles. The first-order chi connectivity index (χ1) is 10.4. The zero-order chi connectivity index (χ0) is 15.7. The molecule has 0 saturated carbocycles. The van der Waals surface area contributed by atoms with Gasteiger partial charge in [-0.25, -0.2) is 8.42 Å². The van der Waals surface area contributed by atoms with Gasteiger partial charge < -0.3 is 16.0 Å². The lowest BCUT2D eigenvalue weighted by Gasteiger charge is -2.15. The molecule has 1 amide bonds. The molecule has 2 heterocycles. The summed E-state index contributed by atoms with van der Waals surface area (Å²) in [5, 5.41) is 3.79. The second kappa shape index (κ2) is 6.90. The van der Waals surface area contributed by atoms with E-state index >= 15 is 0 Å². The second-order valence-corrected chi connectivity index (χ2v) is 8.01. The fourth-order valence-electron chi connectivity index (χ4n) is 2.85. The molecule has 1 saturated heterocycles. The van der Waals surface area contributed by atoms with Crippen molar-refractivity contribution in [1.29, 1.82) is 0 Å². The third-order valence-electron chi connectivity index (χ3n) is 4.03. The Kier molecular flexibility index (Phi) is 5.33. The number of hydrogen-bond acceptors (Lipinski definition) is 4. The van der Waals surface area contributed by atoms with Crippen LogP contribution in [0.2, 0.25) is 0 Å². The first-order valence-corrected chi connectivity index (χ1v) is 9.08. The van der Waals surface area contributed by atoms with Crippen molar-refractivity contribution in [3.63, 3.8) is 0 Å². The first kappa shape index (κ1) is 17.8. The van der Waals surface area contributed by atoms with E-state index in [9.17, 15) is 13.2 Å². The van der Waals surface area contributed by atoms with Crippen LogP contribution < -0.4 is 11.1 Å². The summed E-state index contributed by atoms with van der Waals surface area (Å²) >= 11 is 0. The van der Waals surface area contributed by atoms with Crippen molar-refractivity contribution < 1.29 is 13.2 Å². The van der Waals surface area contributed by atoms with Crippen LogP contribution in [0, 0.1) is 0 Å². The molecule has 1 fully saturated rings. The van der Waals surface area contributed by atoms with E-state index in [0.29, 0.717) is 12.8 Å². The van der Waals surface area contributed by atoms with E-state index in [-0.39, 0.29) is 35.9 Å². The fraction of sp³-hybridized carbons (Fsp3) is 0.400. The monoisotopic (exact) mass is 357 g/mol. The number of aromatic amines is 1. The molecule has 0 bridgehead atoms. The molecule has 23 heavy (non-hydrogen) atoms. The summed E-state index contributed by atoms with van der Waals surface area (Å²) in [5.41, 5.74) is 7.96. The van der Waals surface area contributed by atoms with Gasteiger partial charge in [-0.2, -0.15) is 0 Å². The molecule has 4 N–H and O–H groups in total. The molecule has 3 rings (SSSR count). The lowest BCUT2D eigenvalue weighted by Crippen LogP contribution is -2.46. The van der Waals surface area contributed by atoms with Crippen LogP contribution in [0.5, 0.6) is 0 Å². The van der Waals surface area contributed by atoms with E-state index in [2.05, 4.69) is 10.3 Å². The minimum Gasteiger partial charge on any atom is -0.361 e. The molecule has 1 unspecified atom stereocenters. The van der Waals surface area contributed by atoms with Gasteiger partial charge >= 0.3 is 0 Å². The quantitative estimate of drug-likeness (QED) is 0.751. The maximum absolute atomic E-state index is 12.1. The van der Waals surface area contributed by atoms with E-state index in [4.69, 9.17) is 5.73 Å². The SMILES string of the molecule is Cl.N[C@@H](Cc1c[nH]c2ccccc12)C(=O)NC1CCS(=O)(=O)C1. The highest BCUT2D eigenvalue weighted by Gasteiger charge is 2.30. The number of benzene rings is 1. The van der Waals surface area contributed by atoms with Gasteiger partial charge in [-0.3, -0.25) is 4.79 Å². The molecule has 126 valence electrons. The van der Waals surface area contributed by atoms with Crippen molar-refractivity contribution >= 4 is 39.1 Å². The van der Waals surface area contributed by atoms with E-state index in [1.54, 1.807) is 0 Å². The maximum Gasteiger partial charge on any atom is 0.237 e. The lowest BCUT2D eigenvalue weighted by molar-refractivity contribution is -0.122. The van der Waals surface area contributed by atoms with Gasteiger partial charge in [0.1, 0.15) is 0 Å². The van der Waals surface area contributed by atoms with Crippen LogP contribution in [0.3, 0.4) is 0 Å². The Morgan fingerprint density at radius 3 is 2.83 bits per heavy atom. The van der Waals surface area contributed by atoms with Crippen LogP contribution in [0.25, 0.3) is 10.9 Å². The van der Waals surface area contributed by atoms with Gasteiger partial charge in [-0.05, 0) is 24.5 Å². The van der Waals surface area contributed by atoms with Crippen LogP contribution in [0.1, 0.15) is 12.0 Å². The highest BCUT2D eigenvalue weighted by atomic mass is 35.5. The molecule has 0 radical (unpaired) electrons. The Morgan fingerprint density at radius 1 is 1.39 bits per heavy atom. The number of fused-ring (bicyclic) bond motifs is 1. The minimum atomic E-state index is -3.01. The van der Waals surface area contributed by atoms with Gasteiger partial charge in [0.05, 0.1) is 17.5 Å². The van der Waals surface area contributed by atoms with E-state index in [1.807, 2.05) is 30.5 Å². The molecular formula is C15H20ClN3O3S. The van der Waals surface area contributed by atoms with Crippen LogP contribution in [-0.2, 0) is 21.1 Å². The number of sulfone groups is 1. The van der Waals surface area contributed by atoms with Crippen molar-refractivity contribution in [3.8, 4) is 0 Å². The smallest absolute Gasteiger partial charge is 0.237 e. The van der Waals surface area contributed by atoms with Gasteiger partial charge in [0.15, 0.2) is 9.84 Å². The molecule has 0 spiro atoms. The number of nitrogens with one attached hydrogen (secondary N) is 2. The molecule has 2 aromatic rings. The van der Waals surface area contributed by atoms with Crippen LogP contribution in [0.15, 0.2) is 30.5 Å². The Balaban J connectivity index is 0.00000192. The molecule has 1 aliphatic rings. The van der Waals surface area contributed by atoms with Gasteiger partial charge in [-0.1, -0.05) is 18.2 Å². The van der Waals surface area contributed by atoms with Gasteiger partial charge in [0.25, 0.3) is 0 Å². The van der Waals surface area contributed by atoms with Crippen molar-refractivity contribution in [1.82, 2.24) is 10.3 Å². The zero-order valence-corrected chi connectivity index (χ0v) is 14.1. The molecule has 1 aromatic heterocycles. The normalized spacial score (nSPS) is 20.8.